The smallest absolute Gasteiger partial charge is 0.309 e. The molecule has 5 heteroatoms. The standard InChI is InChI=1S/C20H24N2O3/c1-2-17(14-23)22-20(25)19(24)21-13-18(15-9-5-3-6-10-15)16-11-7-4-8-12-16/h3-12,17-18,23H,2,13-14H2,1H3,(H,21,24)(H,22,25)/t17-/m0/s1. The number of aliphatic hydroxyl groups is 1. The fraction of sp³-hybridized carbons (Fsp3) is 0.300. The van der Waals surface area contributed by atoms with Gasteiger partial charge in [0.2, 0.25) is 0 Å². The lowest BCUT2D eigenvalue weighted by Crippen LogP contribution is -2.46. The van der Waals surface area contributed by atoms with E-state index in [9.17, 15) is 9.59 Å². The van der Waals surface area contributed by atoms with Gasteiger partial charge >= 0.3 is 11.8 Å². The summed E-state index contributed by atoms with van der Waals surface area (Å²) in [6, 6.07) is 19.3. The van der Waals surface area contributed by atoms with Crippen molar-refractivity contribution in [3.05, 3.63) is 71.8 Å². The van der Waals surface area contributed by atoms with E-state index in [0.717, 1.165) is 11.1 Å². The van der Waals surface area contributed by atoms with Crippen LogP contribution in [0, 0.1) is 0 Å². The minimum absolute atomic E-state index is 0.0426. The molecule has 2 amide bonds. The number of carbonyl (C=O) groups excluding carboxylic acids is 2. The highest BCUT2D eigenvalue weighted by Crippen LogP contribution is 2.23. The van der Waals surface area contributed by atoms with Gasteiger partial charge in [-0.15, -0.1) is 0 Å². The molecule has 0 heterocycles. The van der Waals surface area contributed by atoms with E-state index in [0.29, 0.717) is 13.0 Å². The van der Waals surface area contributed by atoms with Crippen molar-refractivity contribution in [2.75, 3.05) is 13.2 Å². The third kappa shape index (κ3) is 5.43. The number of amides is 2. The van der Waals surface area contributed by atoms with Crippen molar-refractivity contribution >= 4 is 11.8 Å². The number of aliphatic hydroxyl groups excluding tert-OH is 1. The predicted molar refractivity (Wildman–Crippen MR) is 97.0 cm³/mol. The Morgan fingerprint density at radius 3 is 1.88 bits per heavy atom. The first kappa shape index (κ1) is 18.7. The van der Waals surface area contributed by atoms with E-state index in [-0.39, 0.29) is 12.5 Å². The van der Waals surface area contributed by atoms with Crippen LogP contribution in [0.5, 0.6) is 0 Å². The first-order valence-electron chi connectivity index (χ1n) is 8.45. The molecule has 1 atom stereocenters. The van der Waals surface area contributed by atoms with Gasteiger partial charge in [0, 0.05) is 12.5 Å². The van der Waals surface area contributed by atoms with Crippen LogP contribution in [0.1, 0.15) is 30.4 Å². The number of rotatable bonds is 7. The summed E-state index contributed by atoms with van der Waals surface area (Å²) in [5.74, 6) is -1.46. The summed E-state index contributed by atoms with van der Waals surface area (Å²) < 4.78 is 0. The summed E-state index contributed by atoms with van der Waals surface area (Å²) in [5, 5.41) is 14.3. The van der Waals surface area contributed by atoms with Gasteiger partial charge in [0.1, 0.15) is 0 Å². The van der Waals surface area contributed by atoms with Crippen molar-refractivity contribution in [1.82, 2.24) is 10.6 Å². The maximum absolute atomic E-state index is 12.1. The Balaban J connectivity index is 2.05. The molecular formula is C20H24N2O3. The first-order chi connectivity index (χ1) is 12.2. The molecule has 0 bridgehead atoms. The molecule has 0 saturated heterocycles. The second kappa shape index (κ2) is 9.59. The van der Waals surface area contributed by atoms with Crippen LogP contribution in [0.4, 0.5) is 0 Å². The fourth-order valence-corrected chi connectivity index (χ4v) is 2.60. The van der Waals surface area contributed by atoms with Gasteiger partial charge in [0.25, 0.3) is 0 Å². The monoisotopic (exact) mass is 340 g/mol. The average Bonchev–Trinajstić information content (AvgIpc) is 2.67. The van der Waals surface area contributed by atoms with Gasteiger partial charge in [-0.1, -0.05) is 67.6 Å². The fourth-order valence-electron chi connectivity index (χ4n) is 2.60. The van der Waals surface area contributed by atoms with E-state index in [2.05, 4.69) is 10.6 Å². The molecule has 0 fully saturated rings. The van der Waals surface area contributed by atoms with E-state index >= 15 is 0 Å². The second-order valence-corrected chi connectivity index (χ2v) is 5.85. The van der Waals surface area contributed by atoms with Crippen molar-refractivity contribution in [3.63, 3.8) is 0 Å². The third-order valence-corrected chi connectivity index (χ3v) is 4.13. The molecule has 25 heavy (non-hydrogen) atoms. The van der Waals surface area contributed by atoms with Crippen LogP contribution in [0.15, 0.2) is 60.7 Å². The van der Waals surface area contributed by atoms with Crippen molar-refractivity contribution in [2.24, 2.45) is 0 Å². The van der Waals surface area contributed by atoms with E-state index in [1.807, 2.05) is 67.6 Å². The van der Waals surface area contributed by atoms with Crippen LogP contribution in [0.25, 0.3) is 0 Å². The Kier molecular flexibility index (Phi) is 7.16. The zero-order valence-corrected chi connectivity index (χ0v) is 14.3. The zero-order chi connectivity index (χ0) is 18.1. The van der Waals surface area contributed by atoms with Gasteiger partial charge in [-0.2, -0.15) is 0 Å². The lowest BCUT2D eigenvalue weighted by molar-refractivity contribution is -0.139. The Hall–Kier alpha value is -2.66. The van der Waals surface area contributed by atoms with E-state index in [1.165, 1.54) is 0 Å². The minimum atomic E-state index is -0.722. The van der Waals surface area contributed by atoms with E-state index < -0.39 is 17.9 Å². The molecule has 0 aliphatic heterocycles. The molecule has 0 radical (unpaired) electrons. The van der Waals surface area contributed by atoms with Gasteiger partial charge in [-0.3, -0.25) is 9.59 Å². The van der Waals surface area contributed by atoms with Crippen LogP contribution < -0.4 is 10.6 Å². The Bertz CT molecular complexity index is 630. The Morgan fingerprint density at radius 1 is 0.920 bits per heavy atom. The minimum Gasteiger partial charge on any atom is -0.394 e. The highest BCUT2D eigenvalue weighted by atomic mass is 16.3. The van der Waals surface area contributed by atoms with Gasteiger partial charge in [0.15, 0.2) is 0 Å². The first-order valence-corrected chi connectivity index (χ1v) is 8.45. The van der Waals surface area contributed by atoms with Crippen molar-refractivity contribution in [2.45, 2.75) is 25.3 Å². The largest absolute Gasteiger partial charge is 0.394 e. The quantitative estimate of drug-likeness (QED) is 0.673. The zero-order valence-electron chi connectivity index (χ0n) is 14.3. The highest BCUT2D eigenvalue weighted by molar-refractivity contribution is 6.35. The van der Waals surface area contributed by atoms with Crippen LogP contribution in [-0.4, -0.2) is 36.1 Å². The van der Waals surface area contributed by atoms with Crippen LogP contribution >= 0.6 is 0 Å². The maximum Gasteiger partial charge on any atom is 0.309 e. The molecule has 0 aliphatic carbocycles. The summed E-state index contributed by atoms with van der Waals surface area (Å²) in [4.78, 5) is 24.0. The highest BCUT2D eigenvalue weighted by Gasteiger charge is 2.20. The van der Waals surface area contributed by atoms with Gasteiger partial charge in [-0.25, -0.2) is 0 Å². The number of benzene rings is 2. The van der Waals surface area contributed by atoms with Crippen LogP contribution in [0.2, 0.25) is 0 Å². The summed E-state index contributed by atoms with van der Waals surface area (Å²) in [6.45, 7) is 1.96. The lowest BCUT2D eigenvalue weighted by atomic mass is 9.91. The van der Waals surface area contributed by atoms with Crippen LogP contribution in [-0.2, 0) is 9.59 Å². The normalized spacial score (nSPS) is 11.8. The molecule has 0 spiro atoms. The number of hydrogen-bond acceptors (Lipinski definition) is 3. The summed E-state index contributed by atoms with van der Waals surface area (Å²) >= 11 is 0. The third-order valence-electron chi connectivity index (χ3n) is 4.13. The molecule has 0 saturated carbocycles. The van der Waals surface area contributed by atoms with Crippen molar-refractivity contribution in [1.29, 1.82) is 0 Å². The molecule has 2 rings (SSSR count). The van der Waals surface area contributed by atoms with Crippen molar-refractivity contribution in [3.8, 4) is 0 Å². The summed E-state index contributed by atoms with van der Waals surface area (Å²) in [7, 11) is 0. The predicted octanol–water partition coefficient (Wildman–Crippen LogP) is 1.82. The molecule has 0 aliphatic rings. The van der Waals surface area contributed by atoms with Crippen LogP contribution in [0.3, 0.4) is 0 Å². The molecule has 2 aromatic rings. The number of hydrogen-bond donors (Lipinski definition) is 3. The topological polar surface area (TPSA) is 78.4 Å². The second-order valence-electron chi connectivity index (χ2n) is 5.85. The molecule has 0 aromatic heterocycles. The number of nitrogens with one attached hydrogen (secondary N) is 2. The lowest BCUT2D eigenvalue weighted by Gasteiger charge is -2.19. The molecular weight excluding hydrogens is 316 g/mol. The molecule has 132 valence electrons. The molecule has 5 nitrogen and oxygen atoms in total. The molecule has 3 N–H and O–H groups in total. The van der Waals surface area contributed by atoms with Gasteiger partial charge < -0.3 is 15.7 Å². The average molecular weight is 340 g/mol. The summed E-state index contributed by atoms with van der Waals surface area (Å²) in [5.41, 5.74) is 2.13. The Labute approximate surface area is 148 Å². The van der Waals surface area contributed by atoms with Crippen molar-refractivity contribution < 1.29 is 14.7 Å². The number of carbonyl (C=O) groups is 2. The Morgan fingerprint density at radius 2 is 1.44 bits per heavy atom. The molecule has 2 aromatic carbocycles. The maximum atomic E-state index is 12.1. The van der Waals surface area contributed by atoms with Gasteiger partial charge in [-0.05, 0) is 17.5 Å². The van der Waals surface area contributed by atoms with Gasteiger partial charge in [0.05, 0.1) is 12.6 Å². The SMILES string of the molecule is CC[C@@H](CO)NC(=O)C(=O)NCC(c1ccccc1)c1ccccc1. The summed E-state index contributed by atoms with van der Waals surface area (Å²) in [6.07, 6.45) is 0.562. The molecule has 0 unspecified atom stereocenters. The van der Waals surface area contributed by atoms with E-state index in [4.69, 9.17) is 5.11 Å². The van der Waals surface area contributed by atoms with E-state index in [1.54, 1.807) is 0 Å².